The molecule has 0 fully saturated rings. The van der Waals surface area contributed by atoms with Gasteiger partial charge in [0.05, 0.1) is 11.7 Å². The maximum Gasteiger partial charge on any atom is 0.129 e. The smallest absolute Gasteiger partial charge is 0.129 e. The summed E-state index contributed by atoms with van der Waals surface area (Å²) in [4.78, 5) is 0. The molecule has 0 radical (unpaired) electrons. The Kier molecular flexibility index (Phi) is 4.20. The van der Waals surface area contributed by atoms with Gasteiger partial charge in [0.15, 0.2) is 0 Å². The Morgan fingerprint density at radius 1 is 0.962 bits per heavy atom. The molecule has 5 rings (SSSR count). The van der Waals surface area contributed by atoms with Gasteiger partial charge in [0.25, 0.3) is 0 Å². The van der Waals surface area contributed by atoms with Gasteiger partial charge in [-0.2, -0.15) is 0 Å². The fourth-order valence-electron chi connectivity index (χ4n) is 4.94. The lowest BCUT2D eigenvalue weighted by Gasteiger charge is -2.30. The Morgan fingerprint density at radius 2 is 1.88 bits per heavy atom. The molecule has 2 nitrogen and oxygen atoms in total. The van der Waals surface area contributed by atoms with E-state index in [1.165, 1.54) is 42.0 Å². The van der Waals surface area contributed by atoms with Gasteiger partial charge in [0.1, 0.15) is 6.10 Å². The summed E-state index contributed by atoms with van der Waals surface area (Å²) < 4.78 is 6.29. The second-order valence-corrected chi connectivity index (χ2v) is 7.86. The van der Waals surface area contributed by atoms with Crippen LogP contribution >= 0.6 is 0 Å². The number of ether oxygens (including phenoxy) is 1. The molecule has 1 N–H and O–H groups in total. The molecule has 0 aromatic rings. The number of hydrogen-bond acceptors (Lipinski definition) is 2. The normalized spacial score (nSPS) is 32.3. The Balaban J connectivity index is 1.40. The molecule has 1 heterocycles. The molecule has 0 aromatic carbocycles. The maximum absolute atomic E-state index is 6.29. The Morgan fingerprint density at radius 3 is 2.81 bits per heavy atom. The molecule has 0 saturated heterocycles. The second kappa shape index (κ2) is 6.83. The van der Waals surface area contributed by atoms with Crippen LogP contribution in [0.1, 0.15) is 44.9 Å². The third-order valence-electron chi connectivity index (χ3n) is 6.20. The molecule has 3 atom stereocenters. The van der Waals surface area contributed by atoms with E-state index in [1.54, 1.807) is 5.57 Å². The summed E-state index contributed by atoms with van der Waals surface area (Å²) in [6, 6.07) is 0. The zero-order valence-electron chi connectivity index (χ0n) is 15.3. The molecule has 0 amide bonds. The third-order valence-corrected chi connectivity index (χ3v) is 6.20. The fourth-order valence-corrected chi connectivity index (χ4v) is 4.94. The molecule has 2 heteroatoms. The monoisotopic (exact) mass is 345 g/mol. The van der Waals surface area contributed by atoms with Gasteiger partial charge in [-0.3, -0.25) is 0 Å². The van der Waals surface area contributed by atoms with Gasteiger partial charge in [0.2, 0.25) is 0 Å². The highest BCUT2D eigenvalue weighted by Gasteiger charge is 2.39. The van der Waals surface area contributed by atoms with Crippen LogP contribution in [0.15, 0.2) is 83.0 Å². The van der Waals surface area contributed by atoms with Crippen molar-refractivity contribution in [2.24, 2.45) is 11.8 Å². The summed E-state index contributed by atoms with van der Waals surface area (Å²) in [7, 11) is 0. The first kappa shape index (κ1) is 16.0. The molecular formula is C24H27NO. The zero-order chi connectivity index (χ0) is 17.3. The van der Waals surface area contributed by atoms with E-state index in [2.05, 4.69) is 60.0 Å². The summed E-state index contributed by atoms with van der Waals surface area (Å²) >= 11 is 0. The summed E-state index contributed by atoms with van der Waals surface area (Å²) in [5, 5.41) is 3.84. The van der Waals surface area contributed by atoms with Crippen LogP contribution in [0.4, 0.5) is 0 Å². The van der Waals surface area contributed by atoms with Crippen LogP contribution in [0.2, 0.25) is 0 Å². The summed E-state index contributed by atoms with van der Waals surface area (Å²) in [5.74, 6) is 2.17. The predicted molar refractivity (Wildman–Crippen MR) is 106 cm³/mol. The first-order valence-electron chi connectivity index (χ1n) is 10.2. The molecule has 134 valence electrons. The van der Waals surface area contributed by atoms with E-state index < -0.39 is 0 Å². The lowest BCUT2D eigenvalue weighted by Crippen LogP contribution is -2.30. The van der Waals surface area contributed by atoms with Gasteiger partial charge in [-0.05, 0) is 61.8 Å². The molecule has 3 unspecified atom stereocenters. The highest BCUT2D eigenvalue weighted by Crippen LogP contribution is 2.45. The van der Waals surface area contributed by atoms with Crippen molar-refractivity contribution < 1.29 is 4.74 Å². The van der Waals surface area contributed by atoms with E-state index in [-0.39, 0.29) is 6.10 Å². The molecular weight excluding hydrogens is 318 g/mol. The van der Waals surface area contributed by atoms with Crippen LogP contribution in [0.5, 0.6) is 0 Å². The molecule has 5 aliphatic rings. The summed E-state index contributed by atoms with van der Waals surface area (Å²) in [5.41, 5.74) is 5.64. The van der Waals surface area contributed by atoms with Crippen molar-refractivity contribution in [3.8, 4) is 0 Å². The molecule has 0 spiro atoms. The fraction of sp³-hybridized carbons (Fsp3) is 0.417. The van der Waals surface area contributed by atoms with Crippen LogP contribution in [-0.2, 0) is 4.74 Å². The SMILES string of the molecule is C1=CCC(C2=CCCC=C2NC2=CC=CC3OC4=C(CCCC4)C23)C=C1. The first-order chi connectivity index (χ1) is 12.9. The molecule has 0 saturated carbocycles. The van der Waals surface area contributed by atoms with Crippen LogP contribution in [0, 0.1) is 11.8 Å². The number of nitrogens with one attached hydrogen (secondary N) is 1. The van der Waals surface area contributed by atoms with E-state index in [9.17, 15) is 0 Å². The van der Waals surface area contributed by atoms with Crippen molar-refractivity contribution in [3.05, 3.63) is 83.0 Å². The van der Waals surface area contributed by atoms with Gasteiger partial charge in [0, 0.05) is 23.7 Å². The van der Waals surface area contributed by atoms with Gasteiger partial charge in [-0.1, -0.05) is 42.5 Å². The van der Waals surface area contributed by atoms with E-state index in [0.29, 0.717) is 11.8 Å². The second-order valence-electron chi connectivity index (χ2n) is 7.86. The first-order valence-corrected chi connectivity index (χ1v) is 10.2. The van der Waals surface area contributed by atoms with Gasteiger partial charge in [-0.15, -0.1) is 0 Å². The summed E-state index contributed by atoms with van der Waals surface area (Å²) in [6.07, 6.45) is 28.9. The highest BCUT2D eigenvalue weighted by molar-refractivity contribution is 5.44. The van der Waals surface area contributed by atoms with Crippen LogP contribution in [-0.4, -0.2) is 6.10 Å². The van der Waals surface area contributed by atoms with Crippen LogP contribution < -0.4 is 5.32 Å². The summed E-state index contributed by atoms with van der Waals surface area (Å²) in [6.45, 7) is 0. The zero-order valence-corrected chi connectivity index (χ0v) is 15.3. The van der Waals surface area contributed by atoms with E-state index in [0.717, 1.165) is 25.7 Å². The van der Waals surface area contributed by atoms with Crippen molar-refractivity contribution in [1.29, 1.82) is 0 Å². The Hall–Kier alpha value is -2.22. The minimum Gasteiger partial charge on any atom is -0.490 e. The molecule has 4 aliphatic carbocycles. The van der Waals surface area contributed by atoms with Crippen molar-refractivity contribution in [1.82, 2.24) is 5.32 Å². The maximum atomic E-state index is 6.29. The van der Waals surface area contributed by atoms with Crippen molar-refractivity contribution in [3.63, 3.8) is 0 Å². The minimum atomic E-state index is 0.194. The predicted octanol–water partition coefficient (Wildman–Crippen LogP) is 5.61. The third kappa shape index (κ3) is 2.82. The minimum absolute atomic E-state index is 0.194. The molecule has 0 aromatic heterocycles. The van der Waals surface area contributed by atoms with E-state index in [1.807, 2.05) is 0 Å². The van der Waals surface area contributed by atoms with Gasteiger partial charge in [-0.25, -0.2) is 0 Å². The molecule has 26 heavy (non-hydrogen) atoms. The Labute approximate surface area is 156 Å². The highest BCUT2D eigenvalue weighted by atomic mass is 16.5. The number of rotatable bonds is 3. The van der Waals surface area contributed by atoms with Crippen molar-refractivity contribution >= 4 is 0 Å². The van der Waals surface area contributed by atoms with Crippen LogP contribution in [0.3, 0.4) is 0 Å². The van der Waals surface area contributed by atoms with Crippen molar-refractivity contribution in [2.75, 3.05) is 0 Å². The lowest BCUT2D eigenvalue weighted by atomic mass is 9.82. The number of fused-ring (bicyclic) bond motifs is 2. The van der Waals surface area contributed by atoms with Crippen molar-refractivity contribution in [2.45, 2.75) is 51.0 Å². The number of allylic oxidation sites excluding steroid dienone is 10. The largest absolute Gasteiger partial charge is 0.490 e. The quantitative estimate of drug-likeness (QED) is 0.718. The molecule has 0 bridgehead atoms. The standard InChI is InChI=1S/C24H27NO/c1-2-9-17(10-3-1)18-11-4-6-13-20(18)25-21-14-8-16-23-24(21)19-12-5-7-15-22(19)26-23/h1-3,8-9,11,13-14,16-17,23-25H,4-7,10,12,15H2. The Bertz CT molecular complexity index is 802. The van der Waals surface area contributed by atoms with E-state index >= 15 is 0 Å². The lowest BCUT2D eigenvalue weighted by molar-refractivity contribution is 0.152. The molecule has 1 aliphatic heterocycles. The van der Waals surface area contributed by atoms with Gasteiger partial charge >= 0.3 is 0 Å². The topological polar surface area (TPSA) is 21.3 Å². The van der Waals surface area contributed by atoms with Crippen LogP contribution in [0.25, 0.3) is 0 Å². The van der Waals surface area contributed by atoms with Gasteiger partial charge < -0.3 is 10.1 Å². The average molecular weight is 345 g/mol. The van der Waals surface area contributed by atoms with E-state index in [4.69, 9.17) is 4.74 Å². The average Bonchev–Trinajstić information content (AvgIpc) is 3.09. The number of hydrogen-bond donors (Lipinski definition) is 1.